The predicted octanol–water partition coefficient (Wildman–Crippen LogP) is 0.751. The van der Waals surface area contributed by atoms with Gasteiger partial charge in [-0.05, 0) is 31.0 Å². The van der Waals surface area contributed by atoms with Crippen LogP contribution in [0.4, 0.5) is 0 Å². The summed E-state index contributed by atoms with van der Waals surface area (Å²) in [6, 6.07) is 5.54. The molecule has 2 aromatic rings. The number of H-pyrrole nitrogens is 1. The third-order valence-corrected chi connectivity index (χ3v) is 5.20. The highest BCUT2D eigenvalue weighted by molar-refractivity contribution is 5.98. The van der Waals surface area contributed by atoms with Crippen LogP contribution in [-0.2, 0) is 4.79 Å². The lowest BCUT2D eigenvalue weighted by Gasteiger charge is -2.33. The summed E-state index contributed by atoms with van der Waals surface area (Å²) in [6.45, 7) is 3.89. The van der Waals surface area contributed by atoms with Gasteiger partial charge in [0.15, 0.2) is 0 Å². The minimum absolute atomic E-state index is 0.0104. The second-order valence-corrected chi connectivity index (χ2v) is 7.03. The number of rotatable bonds is 4. The molecule has 2 amide bonds. The molecular weight excluding hydrogens is 318 g/mol. The first-order valence-corrected chi connectivity index (χ1v) is 8.91. The Balaban J connectivity index is 1.39. The van der Waals surface area contributed by atoms with Gasteiger partial charge in [0.1, 0.15) is 0 Å². The Morgan fingerprint density at radius 1 is 1.32 bits per heavy atom. The topological polar surface area (TPSA) is 90.1 Å². The highest BCUT2D eigenvalue weighted by atomic mass is 16.2. The number of nitrogens with zero attached hydrogens (tertiary/aromatic N) is 2. The van der Waals surface area contributed by atoms with Gasteiger partial charge < -0.3 is 15.5 Å². The number of hydrogen-bond donors (Lipinski definition) is 3. The Bertz CT molecular complexity index is 783. The number of hydrogen-bond acceptors (Lipinski definition) is 4. The quantitative estimate of drug-likeness (QED) is 0.765. The zero-order chi connectivity index (χ0) is 17.2. The normalized spacial score (nSPS) is 21.1. The molecular formula is C18H23N5O2. The standard InChI is InChI=1S/C18H23N5O2/c24-17(20-9-12-7-19-8-12)14-2-1-5-23(11-14)18(25)13-3-4-16-15(6-13)10-21-22-16/h3-4,6,10,12,14,19H,1-2,5,7-9,11H2,(H,20,24)(H,21,22). The molecule has 2 aliphatic heterocycles. The Labute approximate surface area is 146 Å². The summed E-state index contributed by atoms with van der Waals surface area (Å²) in [5, 5.41) is 14.0. The van der Waals surface area contributed by atoms with E-state index in [0.29, 0.717) is 24.6 Å². The lowest BCUT2D eigenvalue weighted by molar-refractivity contribution is -0.126. The van der Waals surface area contributed by atoms with Crippen LogP contribution in [-0.4, -0.2) is 59.6 Å². The van der Waals surface area contributed by atoms with Crippen LogP contribution in [0.1, 0.15) is 23.2 Å². The van der Waals surface area contributed by atoms with Crippen LogP contribution in [0.2, 0.25) is 0 Å². The van der Waals surface area contributed by atoms with Crippen LogP contribution in [0, 0.1) is 11.8 Å². The number of likely N-dealkylation sites (tertiary alicyclic amines) is 1. The SMILES string of the molecule is O=C(NCC1CNC1)C1CCCN(C(=O)c2ccc3[nH]ncc3c2)C1. The Kier molecular flexibility index (Phi) is 4.40. The zero-order valence-corrected chi connectivity index (χ0v) is 14.1. The second-order valence-electron chi connectivity index (χ2n) is 7.03. The van der Waals surface area contributed by atoms with E-state index < -0.39 is 0 Å². The fourth-order valence-corrected chi connectivity index (χ4v) is 3.52. The Morgan fingerprint density at radius 2 is 2.20 bits per heavy atom. The minimum Gasteiger partial charge on any atom is -0.355 e. The molecule has 25 heavy (non-hydrogen) atoms. The summed E-state index contributed by atoms with van der Waals surface area (Å²) in [7, 11) is 0. The highest BCUT2D eigenvalue weighted by Crippen LogP contribution is 2.21. The van der Waals surface area contributed by atoms with Crippen molar-refractivity contribution in [2.45, 2.75) is 12.8 Å². The molecule has 1 atom stereocenters. The Hall–Kier alpha value is -2.41. The van der Waals surface area contributed by atoms with E-state index in [1.165, 1.54) is 0 Å². The van der Waals surface area contributed by atoms with Crippen LogP contribution in [0.15, 0.2) is 24.4 Å². The number of carbonyl (C=O) groups is 2. The molecule has 7 heteroatoms. The van der Waals surface area contributed by atoms with Crippen LogP contribution >= 0.6 is 0 Å². The van der Waals surface area contributed by atoms with E-state index in [1.54, 1.807) is 11.1 Å². The van der Waals surface area contributed by atoms with E-state index in [1.807, 2.05) is 18.2 Å². The van der Waals surface area contributed by atoms with Crippen molar-refractivity contribution in [2.75, 3.05) is 32.7 Å². The van der Waals surface area contributed by atoms with Crippen molar-refractivity contribution in [3.05, 3.63) is 30.0 Å². The number of piperidine rings is 1. The van der Waals surface area contributed by atoms with Gasteiger partial charge in [0.25, 0.3) is 5.91 Å². The summed E-state index contributed by atoms with van der Waals surface area (Å²) in [5.41, 5.74) is 1.56. The third kappa shape index (κ3) is 3.37. The van der Waals surface area contributed by atoms with Gasteiger partial charge in [0.05, 0.1) is 17.6 Å². The van der Waals surface area contributed by atoms with Gasteiger partial charge in [-0.1, -0.05) is 0 Å². The molecule has 4 rings (SSSR count). The summed E-state index contributed by atoms with van der Waals surface area (Å²) < 4.78 is 0. The summed E-state index contributed by atoms with van der Waals surface area (Å²) in [6.07, 6.45) is 3.43. The number of fused-ring (bicyclic) bond motifs is 1. The van der Waals surface area contributed by atoms with E-state index >= 15 is 0 Å². The lowest BCUT2D eigenvalue weighted by Crippen LogP contribution is -2.50. The highest BCUT2D eigenvalue weighted by Gasteiger charge is 2.29. The van der Waals surface area contributed by atoms with Crippen LogP contribution < -0.4 is 10.6 Å². The molecule has 132 valence electrons. The summed E-state index contributed by atoms with van der Waals surface area (Å²) in [4.78, 5) is 27.0. The number of carbonyl (C=O) groups excluding carboxylic acids is 2. The molecule has 1 aromatic carbocycles. The smallest absolute Gasteiger partial charge is 0.253 e. The number of nitrogens with one attached hydrogen (secondary N) is 3. The molecule has 1 aromatic heterocycles. The first kappa shape index (κ1) is 16.1. The first-order valence-electron chi connectivity index (χ1n) is 8.91. The van der Waals surface area contributed by atoms with Gasteiger partial charge >= 0.3 is 0 Å². The molecule has 0 radical (unpaired) electrons. The van der Waals surface area contributed by atoms with Crippen molar-refractivity contribution in [2.24, 2.45) is 11.8 Å². The molecule has 0 bridgehead atoms. The maximum Gasteiger partial charge on any atom is 0.253 e. The number of amides is 2. The van der Waals surface area contributed by atoms with Gasteiger partial charge in [-0.25, -0.2) is 0 Å². The average Bonchev–Trinajstić information content (AvgIpc) is 3.07. The molecule has 7 nitrogen and oxygen atoms in total. The molecule has 0 saturated carbocycles. The van der Waals surface area contributed by atoms with Crippen LogP contribution in [0.3, 0.4) is 0 Å². The zero-order valence-electron chi connectivity index (χ0n) is 14.1. The van der Waals surface area contributed by atoms with Gasteiger partial charge in [-0.15, -0.1) is 0 Å². The van der Waals surface area contributed by atoms with Crippen molar-refractivity contribution < 1.29 is 9.59 Å². The number of aromatic amines is 1. The molecule has 0 spiro atoms. The van der Waals surface area contributed by atoms with Gasteiger partial charge in [0, 0.05) is 49.6 Å². The van der Waals surface area contributed by atoms with Crippen molar-refractivity contribution in [1.82, 2.24) is 25.7 Å². The second kappa shape index (κ2) is 6.84. The van der Waals surface area contributed by atoms with E-state index in [0.717, 1.165) is 43.4 Å². The first-order chi connectivity index (χ1) is 12.2. The lowest BCUT2D eigenvalue weighted by atomic mass is 9.95. The van der Waals surface area contributed by atoms with Gasteiger partial charge in [0.2, 0.25) is 5.91 Å². The van der Waals surface area contributed by atoms with E-state index in [2.05, 4.69) is 20.8 Å². The maximum absolute atomic E-state index is 12.8. The molecule has 2 fully saturated rings. The molecule has 2 saturated heterocycles. The summed E-state index contributed by atoms with van der Waals surface area (Å²) in [5.74, 6) is 0.508. The minimum atomic E-state index is -0.108. The molecule has 3 heterocycles. The summed E-state index contributed by atoms with van der Waals surface area (Å²) >= 11 is 0. The fourth-order valence-electron chi connectivity index (χ4n) is 3.52. The largest absolute Gasteiger partial charge is 0.355 e. The van der Waals surface area contributed by atoms with Crippen molar-refractivity contribution in [1.29, 1.82) is 0 Å². The van der Waals surface area contributed by atoms with Crippen LogP contribution in [0.25, 0.3) is 10.9 Å². The monoisotopic (exact) mass is 341 g/mol. The molecule has 1 unspecified atom stereocenters. The predicted molar refractivity (Wildman–Crippen MR) is 94.1 cm³/mol. The molecule has 3 N–H and O–H groups in total. The van der Waals surface area contributed by atoms with Gasteiger partial charge in [-0.3, -0.25) is 14.7 Å². The van der Waals surface area contributed by atoms with Crippen LogP contribution in [0.5, 0.6) is 0 Å². The van der Waals surface area contributed by atoms with E-state index in [4.69, 9.17) is 0 Å². The fraction of sp³-hybridized carbons (Fsp3) is 0.500. The molecule has 2 aliphatic rings. The maximum atomic E-state index is 12.8. The number of benzene rings is 1. The average molecular weight is 341 g/mol. The van der Waals surface area contributed by atoms with E-state index in [-0.39, 0.29) is 17.7 Å². The van der Waals surface area contributed by atoms with Crippen molar-refractivity contribution >= 4 is 22.7 Å². The molecule has 0 aliphatic carbocycles. The van der Waals surface area contributed by atoms with Crippen molar-refractivity contribution in [3.63, 3.8) is 0 Å². The van der Waals surface area contributed by atoms with E-state index in [9.17, 15) is 9.59 Å². The number of aromatic nitrogens is 2. The third-order valence-electron chi connectivity index (χ3n) is 5.20. The Morgan fingerprint density at radius 3 is 3.00 bits per heavy atom. The van der Waals surface area contributed by atoms with Crippen molar-refractivity contribution in [3.8, 4) is 0 Å². The van der Waals surface area contributed by atoms with Gasteiger partial charge in [-0.2, -0.15) is 5.10 Å².